The Bertz CT molecular complexity index is 425. The molecule has 1 aliphatic heterocycles. The summed E-state index contributed by atoms with van der Waals surface area (Å²) in [5, 5.41) is 0. The molecule has 1 heterocycles. The minimum Gasteiger partial charge on any atom is -0.493 e. The van der Waals surface area contributed by atoms with Crippen molar-refractivity contribution in [3.05, 3.63) is 29.8 Å². The first-order valence-electron chi connectivity index (χ1n) is 7.90. The van der Waals surface area contributed by atoms with Crippen molar-refractivity contribution in [1.29, 1.82) is 0 Å². The predicted octanol–water partition coefficient (Wildman–Crippen LogP) is 2.27. The third-order valence-corrected chi connectivity index (χ3v) is 4.35. The van der Waals surface area contributed by atoms with E-state index in [0.717, 1.165) is 37.4 Å². The van der Waals surface area contributed by atoms with Crippen molar-refractivity contribution in [1.82, 2.24) is 4.90 Å². The molecule has 4 nitrogen and oxygen atoms in total. The summed E-state index contributed by atoms with van der Waals surface area (Å²) in [5.74, 6) is 1.58. The van der Waals surface area contributed by atoms with Crippen LogP contribution in [0, 0.1) is 5.92 Å². The summed E-state index contributed by atoms with van der Waals surface area (Å²) >= 11 is 0. The van der Waals surface area contributed by atoms with Gasteiger partial charge in [0.15, 0.2) is 0 Å². The lowest BCUT2D eigenvalue weighted by Gasteiger charge is -2.36. The number of para-hydroxylation sites is 1. The average Bonchev–Trinajstić information content (AvgIpc) is 2.53. The molecule has 0 aromatic heterocycles. The van der Waals surface area contributed by atoms with Gasteiger partial charge in [-0.05, 0) is 31.4 Å². The normalized spacial score (nSPS) is 23.2. The minimum absolute atomic E-state index is 0.373. The molecule has 2 unspecified atom stereocenters. The SMILES string of the molecule is COC1CN(CCCOc2ccccc2CN)CCC1C. The highest BCUT2D eigenvalue weighted by atomic mass is 16.5. The molecular formula is C17H28N2O2. The molecule has 1 fully saturated rings. The van der Waals surface area contributed by atoms with Crippen LogP contribution >= 0.6 is 0 Å². The topological polar surface area (TPSA) is 47.7 Å². The maximum Gasteiger partial charge on any atom is 0.123 e. The van der Waals surface area contributed by atoms with Crippen LogP contribution in [0.15, 0.2) is 24.3 Å². The van der Waals surface area contributed by atoms with Crippen LogP contribution in [0.2, 0.25) is 0 Å². The predicted molar refractivity (Wildman–Crippen MR) is 85.5 cm³/mol. The van der Waals surface area contributed by atoms with Crippen molar-refractivity contribution in [3.8, 4) is 5.75 Å². The van der Waals surface area contributed by atoms with Gasteiger partial charge in [0.05, 0.1) is 12.7 Å². The summed E-state index contributed by atoms with van der Waals surface area (Å²) in [4.78, 5) is 2.48. The first-order valence-corrected chi connectivity index (χ1v) is 7.90. The zero-order valence-electron chi connectivity index (χ0n) is 13.3. The zero-order chi connectivity index (χ0) is 15.1. The molecule has 1 aromatic rings. The van der Waals surface area contributed by atoms with Crippen LogP contribution in [-0.4, -0.2) is 44.4 Å². The Labute approximate surface area is 128 Å². The van der Waals surface area contributed by atoms with Crippen LogP contribution in [0.3, 0.4) is 0 Å². The van der Waals surface area contributed by atoms with Crippen LogP contribution in [0.25, 0.3) is 0 Å². The number of hydrogen-bond donors (Lipinski definition) is 1. The largest absolute Gasteiger partial charge is 0.493 e. The van der Waals surface area contributed by atoms with Gasteiger partial charge >= 0.3 is 0 Å². The van der Waals surface area contributed by atoms with Gasteiger partial charge in [0, 0.05) is 32.3 Å². The molecule has 0 saturated carbocycles. The van der Waals surface area contributed by atoms with E-state index in [-0.39, 0.29) is 0 Å². The fourth-order valence-corrected chi connectivity index (χ4v) is 2.89. The second kappa shape index (κ2) is 8.37. The van der Waals surface area contributed by atoms with E-state index in [9.17, 15) is 0 Å². The molecule has 1 aliphatic rings. The summed E-state index contributed by atoms with van der Waals surface area (Å²) in [5.41, 5.74) is 6.79. The highest BCUT2D eigenvalue weighted by molar-refractivity contribution is 5.32. The lowest BCUT2D eigenvalue weighted by molar-refractivity contribution is -0.00593. The Morgan fingerprint density at radius 1 is 1.33 bits per heavy atom. The maximum absolute atomic E-state index is 5.86. The van der Waals surface area contributed by atoms with Crippen LogP contribution in [0.5, 0.6) is 5.75 Å². The lowest BCUT2D eigenvalue weighted by Crippen LogP contribution is -2.44. The monoisotopic (exact) mass is 292 g/mol. The summed E-state index contributed by atoms with van der Waals surface area (Å²) < 4.78 is 11.4. The Morgan fingerprint density at radius 3 is 2.90 bits per heavy atom. The number of nitrogens with two attached hydrogens (primary N) is 1. The van der Waals surface area contributed by atoms with E-state index in [1.54, 1.807) is 0 Å². The fourth-order valence-electron chi connectivity index (χ4n) is 2.89. The van der Waals surface area contributed by atoms with Crippen LogP contribution in [0.1, 0.15) is 25.3 Å². The number of likely N-dealkylation sites (tertiary alicyclic amines) is 1. The van der Waals surface area contributed by atoms with E-state index >= 15 is 0 Å². The van der Waals surface area contributed by atoms with Crippen molar-refractivity contribution >= 4 is 0 Å². The summed E-state index contributed by atoms with van der Waals surface area (Å²) in [6, 6.07) is 7.99. The summed E-state index contributed by atoms with van der Waals surface area (Å²) in [6.45, 7) is 6.81. The molecule has 4 heteroatoms. The van der Waals surface area contributed by atoms with Gasteiger partial charge in [-0.15, -0.1) is 0 Å². The van der Waals surface area contributed by atoms with Crippen LogP contribution in [0.4, 0.5) is 0 Å². The highest BCUT2D eigenvalue weighted by Gasteiger charge is 2.25. The maximum atomic E-state index is 5.86. The number of rotatable bonds is 7. The average molecular weight is 292 g/mol. The second-order valence-electron chi connectivity index (χ2n) is 5.85. The number of ether oxygens (including phenoxy) is 2. The number of piperidine rings is 1. The van der Waals surface area contributed by atoms with E-state index in [4.69, 9.17) is 15.2 Å². The second-order valence-corrected chi connectivity index (χ2v) is 5.85. The van der Waals surface area contributed by atoms with Gasteiger partial charge < -0.3 is 20.1 Å². The van der Waals surface area contributed by atoms with Gasteiger partial charge in [0.1, 0.15) is 5.75 Å². The van der Waals surface area contributed by atoms with Gasteiger partial charge in [-0.25, -0.2) is 0 Å². The Hall–Kier alpha value is -1.10. The number of nitrogens with zero attached hydrogens (tertiary/aromatic N) is 1. The molecule has 0 radical (unpaired) electrons. The number of methoxy groups -OCH3 is 1. The molecule has 1 saturated heterocycles. The standard InChI is InChI=1S/C17H28N2O2/c1-14-8-10-19(13-17(14)20-2)9-5-11-21-16-7-4-3-6-15(16)12-18/h3-4,6-7,14,17H,5,8-13,18H2,1-2H3. The quantitative estimate of drug-likeness (QED) is 0.783. The molecule has 0 spiro atoms. The van der Waals surface area contributed by atoms with Crippen LogP contribution < -0.4 is 10.5 Å². The number of hydrogen-bond acceptors (Lipinski definition) is 4. The van der Waals surface area contributed by atoms with Crippen molar-refractivity contribution in [2.45, 2.75) is 32.4 Å². The molecule has 118 valence electrons. The van der Waals surface area contributed by atoms with Crippen molar-refractivity contribution < 1.29 is 9.47 Å². The third-order valence-electron chi connectivity index (χ3n) is 4.35. The summed E-state index contributed by atoms with van der Waals surface area (Å²) in [6.07, 6.45) is 2.62. The van der Waals surface area contributed by atoms with Gasteiger partial charge in [-0.3, -0.25) is 0 Å². The smallest absolute Gasteiger partial charge is 0.123 e. The van der Waals surface area contributed by atoms with E-state index in [1.165, 1.54) is 13.0 Å². The Morgan fingerprint density at radius 2 is 2.14 bits per heavy atom. The van der Waals surface area contributed by atoms with E-state index in [1.807, 2.05) is 31.4 Å². The molecule has 0 bridgehead atoms. The van der Waals surface area contributed by atoms with Crippen molar-refractivity contribution in [2.24, 2.45) is 11.7 Å². The first kappa shape index (κ1) is 16.3. The Kier molecular flexibility index (Phi) is 6.49. The van der Waals surface area contributed by atoms with Crippen LogP contribution in [-0.2, 0) is 11.3 Å². The molecule has 21 heavy (non-hydrogen) atoms. The molecule has 2 atom stereocenters. The molecular weight excluding hydrogens is 264 g/mol. The van der Waals surface area contributed by atoms with Gasteiger partial charge in [-0.1, -0.05) is 25.1 Å². The van der Waals surface area contributed by atoms with E-state index < -0.39 is 0 Å². The lowest BCUT2D eigenvalue weighted by atomic mass is 9.96. The first-order chi connectivity index (χ1) is 10.2. The number of benzene rings is 1. The minimum atomic E-state index is 0.373. The molecule has 0 amide bonds. The molecule has 0 aliphatic carbocycles. The molecule has 1 aromatic carbocycles. The fraction of sp³-hybridized carbons (Fsp3) is 0.647. The zero-order valence-corrected chi connectivity index (χ0v) is 13.3. The van der Waals surface area contributed by atoms with Crippen molar-refractivity contribution in [3.63, 3.8) is 0 Å². The molecule has 2 rings (SSSR count). The van der Waals surface area contributed by atoms with Crippen molar-refractivity contribution in [2.75, 3.05) is 33.4 Å². The van der Waals surface area contributed by atoms with E-state index in [2.05, 4.69) is 11.8 Å². The third kappa shape index (κ3) is 4.70. The molecule has 2 N–H and O–H groups in total. The van der Waals surface area contributed by atoms with Gasteiger partial charge in [0.25, 0.3) is 0 Å². The Balaban J connectivity index is 1.70. The van der Waals surface area contributed by atoms with E-state index in [0.29, 0.717) is 18.6 Å². The summed E-state index contributed by atoms with van der Waals surface area (Å²) in [7, 11) is 1.82. The van der Waals surface area contributed by atoms with Gasteiger partial charge in [-0.2, -0.15) is 0 Å². The highest BCUT2D eigenvalue weighted by Crippen LogP contribution is 2.20. The van der Waals surface area contributed by atoms with Gasteiger partial charge in [0.2, 0.25) is 0 Å².